The third-order valence-electron chi connectivity index (χ3n) is 5.09. The van der Waals surface area contributed by atoms with Gasteiger partial charge in [0.15, 0.2) is 5.78 Å². The Labute approximate surface area is 175 Å². The summed E-state index contributed by atoms with van der Waals surface area (Å²) in [6.07, 6.45) is 1.32. The van der Waals surface area contributed by atoms with Crippen LogP contribution in [0.5, 0.6) is 5.75 Å². The molecule has 4 nitrogen and oxygen atoms in total. The quantitative estimate of drug-likeness (QED) is 0.448. The first-order valence-corrected chi connectivity index (χ1v) is 10.4. The number of anilines is 2. The summed E-state index contributed by atoms with van der Waals surface area (Å²) in [5, 5.41) is 17.1. The highest BCUT2D eigenvalue weighted by atomic mass is 79.9. The molecule has 0 saturated heterocycles. The molecule has 3 N–H and O–H groups in total. The fraction of sp³-hybridized carbons (Fsp3) is 0.286. The third-order valence-corrected chi connectivity index (χ3v) is 6.30. The van der Waals surface area contributed by atoms with Crippen molar-refractivity contribution in [1.82, 2.24) is 0 Å². The molecular weight excluding hydrogens is 472 g/mol. The van der Waals surface area contributed by atoms with Crippen LogP contribution in [0.1, 0.15) is 38.3 Å². The van der Waals surface area contributed by atoms with Crippen molar-refractivity contribution < 1.29 is 9.90 Å². The molecule has 0 amide bonds. The first-order chi connectivity index (χ1) is 12.7. The number of ketones is 1. The van der Waals surface area contributed by atoms with Gasteiger partial charge in [0, 0.05) is 17.7 Å². The van der Waals surface area contributed by atoms with Crippen LogP contribution in [-0.4, -0.2) is 10.9 Å². The first kappa shape index (κ1) is 18.6. The molecular formula is C21H20Br2N2O2. The third kappa shape index (κ3) is 3.41. The van der Waals surface area contributed by atoms with Crippen molar-refractivity contribution in [2.45, 2.75) is 32.7 Å². The van der Waals surface area contributed by atoms with Gasteiger partial charge in [0.1, 0.15) is 5.75 Å². The molecule has 27 heavy (non-hydrogen) atoms. The van der Waals surface area contributed by atoms with Crippen LogP contribution in [0.15, 0.2) is 56.6 Å². The molecule has 0 radical (unpaired) electrons. The summed E-state index contributed by atoms with van der Waals surface area (Å²) >= 11 is 6.82. The minimum Gasteiger partial charge on any atom is -0.506 e. The average Bonchev–Trinajstić information content (AvgIpc) is 2.74. The number of phenols is 1. The number of fused-ring (bicyclic) bond motifs is 1. The van der Waals surface area contributed by atoms with Crippen molar-refractivity contribution in [3.8, 4) is 5.75 Å². The molecule has 2 aliphatic rings. The molecule has 1 atom stereocenters. The summed E-state index contributed by atoms with van der Waals surface area (Å²) in [5.41, 5.74) is 4.49. The normalized spacial score (nSPS) is 20.9. The summed E-state index contributed by atoms with van der Waals surface area (Å²) < 4.78 is 1.18. The second kappa shape index (κ2) is 6.67. The Morgan fingerprint density at radius 2 is 1.70 bits per heavy atom. The summed E-state index contributed by atoms with van der Waals surface area (Å²) in [6, 6.07) is 11.4. The van der Waals surface area contributed by atoms with Crippen LogP contribution in [0.2, 0.25) is 0 Å². The Morgan fingerprint density at radius 3 is 2.37 bits per heavy atom. The zero-order valence-electron chi connectivity index (χ0n) is 15.1. The van der Waals surface area contributed by atoms with Crippen LogP contribution >= 0.6 is 31.9 Å². The number of rotatable bonds is 1. The number of phenolic OH excluding ortho intramolecular Hbond substituents is 1. The molecule has 0 fully saturated rings. The highest BCUT2D eigenvalue weighted by molar-refractivity contribution is 9.11. The fourth-order valence-corrected chi connectivity index (χ4v) is 5.11. The van der Waals surface area contributed by atoms with E-state index in [9.17, 15) is 9.90 Å². The molecule has 1 aliphatic heterocycles. The second-order valence-electron chi connectivity index (χ2n) is 7.91. The van der Waals surface area contributed by atoms with Crippen molar-refractivity contribution in [2.24, 2.45) is 5.41 Å². The number of benzene rings is 2. The number of Topliss-reactive ketones (excluding diaryl/α,β-unsaturated/α-hetero) is 1. The number of carbonyl (C=O) groups excluding carboxylic acids is 1. The van der Waals surface area contributed by atoms with Crippen molar-refractivity contribution >= 4 is 49.0 Å². The predicted molar refractivity (Wildman–Crippen MR) is 115 cm³/mol. The number of hydrogen-bond donors (Lipinski definition) is 3. The zero-order chi connectivity index (χ0) is 19.3. The lowest BCUT2D eigenvalue weighted by atomic mass is 9.73. The van der Waals surface area contributed by atoms with Gasteiger partial charge in [-0.05, 0) is 73.5 Å². The highest BCUT2D eigenvalue weighted by Gasteiger charge is 2.38. The highest BCUT2D eigenvalue weighted by Crippen LogP contribution is 2.46. The van der Waals surface area contributed by atoms with Gasteiger partial charge in [-0.3, -0.25) is 4.79 Å². The Morgan fingerprint density at radius 1 is 1.07 bits per heavy atom. The minimum atomic E-state index is -0.298. The van der Waals surface area contributed by atoms with Gasteiger partial charge >= 0.3 is 0 Å². The summed E-state index contributed by atoms with van der Waals surface area (Å²) in [5.74, 6) is 0.301. The molecule has 4 rings (SSSR count). The first-order valence-electron chi connectivity index (χ1n) is 8.82. The smallest absolute Gasteiger partial charge is 0.163 e. The van der Waals surface area contributed by atoms with E-state index in [0.29, 0.717) is 15.4 Å². The number of carbonyl (C=O) groups is 1. The maximum absolute atomic E-state index is 13.2. The van der Waals surface area contributed by atoms with Crippen molar-refractivity contribution in [2.75, 3.05) is 10.6 Å². The van der Waals surface area contributed by atoms with E-state index in [2.05, 4.69) is 56.3 Å². The van der Waals surface area contributed by atoms with E-state index in [0.717, 1.165) is 34.6 Å². The van der Waals surface area contributed by atoms with Gasteiger partial charge in [-0.25, -0.2) is 0 Å². The Bertz CT molecular complexity index is 959. The second-order valence-corrected chi connectivity index (χ2v) is 9.62. The SMILES string of the molecule is CC1(C)CC(=O)C2=C(C1)Nc1ccccc1N[C@@H]2c1cc(Br)c(O)c(Br)c1. The van der Waals surface area contributed by atoms with Gasteiger partial charge in [0.2, 0.25) is 0 Å². The Hall–Kier alpha value is -1.79. The van der Waals surface area contributed by atoms with Crippen LogP contribution in [0, 0.1) is 5.41 Å². The Balaban J connectivity index is 1.92. The molecule has 0 aromatic heterocycles. The standard InChI is InChI=1S/C21H20Br2N2O2/c1-21(2)9-16-18(17(26)10-21)19(11-7-12(22)20(27)13(23)8-11)25-15-6-4-3-5-14(15)24-16/h3-8,19,24-25,27H,9-10H2,1-2H3/t19-/m1/s1. The number of aromatic hydroxyl groups is 1. The lowest BCUT2D eigenvalue weighted by molar-refractivity contribution is -0.118. The summed E-state index contributed by atoms with van der Waals surface area (Å²) in [6.45, 7) is 4.26. The van der Waals surface area contributed by atoms with E-state index < -0.39 is 0 Å². The van der Waals surface area contributed by atoms with E-state index in [1.165, 1.54) is 0 Å². The number of allylic oxidation sites excluding steroid dienone is 1. The molecule has 6 heteroatoms. The maximum atomic E-state index is 13.2. The van der Waals surface area contributed by atoms with Gasteiger partial charge in [-0.2, -0.15) is 0 Å². The molecule has 0 saturated carbocycles. The largest absolute Gasteiger partial charge is 0.506 e. The van der Waals surface area contributed by atoms with Crippen LogP contribution in [-0.2, 0) is 4.79 Å². The number of hydrogen-bond acceptors (Lipinski definition) is 4. The molecule has 140 valence electrons. The van der Waals surface area contributed by atoms with Crippen LogP contribution < -0.4 is 10.6 Å². The molecule has 1 heterocycles. The van der Waals surface area contributed by atoms with E-state index in [1.54, 1.807) is 0 Å². The molecule has 0 bridgehead atoms. The molecule has 2 aromatic rings. The van der Waals surface area contributed by atoms with Crippen molar-refractivity contribution in [3.63, 3.8) is 0 Å². The lowest BCUT2D eigenvalue weighted by Crippen LogP contribution is -2.31. The summed E-state index contributed by atoms with van der Waals surface area (Å²) in [7, 11) is 0. The van der Waals surface area contributed by atoms with E-state index in [-0.39, 0.29) is 23.0 Å². The minimum absolute atomic E-state index is 0.0805. The molecule has 0 unspecified atom stereocenters. The van der Waals surface area contributed by atoms with E-state index in [4.69, 9.17) is 0 Å². The van der Waals surface area contributed by atoms with E-state index >= 15 is 0 Å². The zero-order valence-corrected chi connectivity index (χ0v) is 18.2. The van der Waals surface area contributed by atoms with Gasteiger partial charge in [-0.15, -0.1) is 0 Å². The van der Waals surface area contributed by atoms with Gasteiger partial charge in [-0.1, -0.05) is 26.0 Å². The predicted octanol–water partition coefficient (Wildman–Crippen LogP) is 6.14. The number of para-hydroxylation sites is 2. The lowest BCUT2D eigenvalue weighted by Gasteiger charge is -2.34. The van der Waals surface area contributed by atoms with E-state index in [1.807, 2.05) is 36.4 Å². The monoisotopic (exact) mass is 490 g/mol. The average molecular weight is 492 g/mol. The molecule has 0 spiro atoms. The van der Waals surface area contributed by atoms with Gasteiger partial charge in [0.05, 0.1) is 26.4 Å². The number of nitrogens with one attached hydrogen (secondary N) is 2. The fourth-order valence-electron chi connectivity index (χ4n) is 3.89. The van der Waals surface area contributed by atoms with Crippen molar-refractivity contribution in [3.05, 3.63) is 62.2 Å². The summed E-state index contributed by atoms with van der Waals surface area (Å²) in [4.78, 5) is 13.2. The van der Waals surface area contributed by atoms with Crippen LogP contribution in [0.25, 0.3) is 0 Å². The topological polar surface area (TPSA) is 61.4 Å². The van der Waals surface area contributed by atoms with Crippen LogP contribution in [0.3, 0.4) is 0 Å². The van der Waals surface area contributed by atoms with Gasteiger partial charge < -0.3 is 15.7 Å². The molecule has 2 aromatic carbocycles. The van der Waals surface area contributed by atoms with Gasteiger partial charge in [0.25, 0.3) is 0 Å². The Kier molecular flexibility index (Phi) is 4.59. The van der Waals surface area contributed by atoms with Crippen molar-refractivity contribution in [1.29, 1.82) is 0 Å². The molecule has 1 aliphatic carbocycles. The van der Waals surface area contributed by atoms with Crippen LogP contribution in [0.4, 0.5) is 11.4 Å². The number of halogens is 2. The maximum Gasteiger partial charge on any atom is 0.163 e.